The zero-order chi connectivity index (χ0) is 12.0. The van der Waals surface area contributed by atoms with Gasteiger partial charge in [0.25, 0.3) is 0 Å². The van der Waals surface area contributed by atoms with Gasteiger partial charge in [0.2, 0.25) is 0 Å². The molecule has 0 bridgehead atoms. The number of alkyl halides is 1. The standard InChI is InChI=1S/C12H18BrClN2/c1-3-10-12(13)11(16(4-2)15-10)8-6-5-7-9-14/h5-6H,3-4,7-9H2,1-2H3. The first-order valence-electron chi connectivity index (χ1n) is 5.69. The normalized spacial score (nSPS) is 11.5. The number of nitrogens with zero attached hydrogens (tertiary/aromatic N) is 2. The van der Waals surface area contributed by atoms with Crippen molar-refractivity contribution in [2.75, 3.05) is 5.88 Å². The van der Waals surface area contributed by atoms with Gasteiger partial charge in [-0.05, 0) is 35.7 Å². The molecule has 0 spiro atoms. The molecule has 4 heteroatoms. The van der Waals surface area contributed by atoms with E-state index in [4.69, 9.17) is 11.6 Å². The Balaban J connectivity index is 2.80. The summed E-state index contributed by atoms with van der Waals surface area (Å²) in [6.45, 7) is 5.16. The molecule has 0 atom stereocenters. The fourth-order valence-electron chi connectivity index (χ4n) is 1.59. The van der Waals surface area contributed by atoms with Crippen LogP contribution < -0.4 is 0 Å². The molecule has 2 nitrogen and oxygen atoms in total. The van der Waals surface area contributed by atoms with E-state index in [0.717, 1.165) is 36.0 Å². The Labute approximate surface area is 111 Å². The summed E-state index contributed by atoms with van der Waals surface area (Å²) >= 11 is 9.25. The average molecular weight is 306 g/mol. The lowest BCUT2D eigenvalue weighted by Gasteiger charge is -2.01. The highest BCUT2D eigenvalue weighted by atomic mass is 79.9. The average Bonchev–Trinajstić information content (AvgIpc) is 2.61. The lowest BCUT2D eigenvalue weighted by atomic mass is 10.2. The Morgan fingerprint density at radius 1 is 1.38 bits per heavy atom. The Morgan fingerprint density at radius 3 is 2.69 bits per heavy atom. The van der Waals surface area contributed by atoms with E-state index < -0.39 is 0 Å². The molecule has 1 rings (SSSR count). The highest BCUT2D eigenvalue weighted by Crippen LogP contribution is 2.23. The zero-order valence-electron chi connectivity index (χ0n) is 9.84. The van der Waals surface area contributed by atoms with E-state index in [1.54, 1.807) is 0 Å². The van der Waals surface area contributed by atoms with Crippen molar-refractivity contribution in [2.45, 2.75) is 39.7 Å². The van der Waals surface area contributed by atoms with Crippen molar-refractivity contribution in [3.05, 3.63) is 28.0 Å². The van der Waals surface area contributed by atoms with Crippen molar-refractivity contribution in [1.82, 2.24) is 9.78 Å². The van der Waals surface area contributed by atoms with Gasteiger partial charge in [0.15, 0.2) is 0 Å². The van der Waals surface area contributed by atoms with Crippen LogP contribution in [0.15, 0.2) is 16.6 Å². The third-order valence-corrected chi connectivity index (χ3v) is 3.58. The third kappa shape index (κ3) is 3.36. The maximum Gasteiger partial charge on any atom is 0.0766 e. The lowest BCUT2D eigenvalue weighted by Crippen LogP contribution is -2.02. The summed E-state index contributed by atoms with van der Waals surface area (Å²) in [6, 6.07) is 0. The Hall–Kier alpha value is -0.280. The van der Waals surface area contributed by atoms with Crippen LogP contribution in [-0.4, -0.2) is 15.7 Å². The minimum Gasteiger partial charge on any atom is -0.268 e. The molecule has 0 aliphatic carbocycles. The van der Waals surface area contributed by atoms with Gasteiger partial charge in [0.1, 0.15) is 0 Å². The molecule has 0 radical (unpaired) electrons. The van der Waals surface area contributed by atoms with Gasteiger partial charge >= 0.3 is 0 Å². The monoisotopic (exact) mass is 304 g/mol. The second-order valence-corrected chi connectivity index (χ2v) is 4.70. The van der Waals surface area contributed by atoms with Crippen LogP contribution in [0.1, 0.15) is 31.7 Å². The molecule has 0 saturated carbocycles. The van der Waals surface area contributed by atoms with Crippen molar-refractivity contribution in [1.29, 1.82) is 0 Å². The topological polar surface area (TPSA) is 17.8 Å². The summed E-state index contributed by atoms with van der Waals surface area (Å²) in [6.07, 6.45) is 7.10. The third-order valence-electron chi connectivity index (χ3n) is 2.45. The number of halogens is 2. The molecule has 0 saturated heterocycles. The molecule has 0 N–H and O–H groups in total. The minimum absolute atomic E-state index is 0.685. The summed E-state index contributed by atoms with van der Waals surface area (Å²) < 4.78 is 3.22. The quantitative estimate of drug-likeness (QED) is 0.575. The van der Waals surface area contributed by atoms with Crippen molar-refractivity contribution in [2.24, 2.45) is 0 Å². The lowest BCUT2D eigenvalue weighted by molar-refractivity contribution is 0.622. The Morgan fingerprint density at radius 2 is 2.12 bits per heavy atom. The second-order valence-electron chi connectivity index (χ2n) is 3.53. The summed E-state index contributed by atoms with van der Waals surface area (Å²) in [5.74, 6) is 0.685. The van der Waals surface area contributed by atoms with Gasteiger partial charge in [-0.25, -0.2) is 0 Å². The highest BCUT2D eigenvalue weighted by molar-refractivity contribution is 9.10. The number of hydrogen-bond acceptors (Lipinski definition) is 1. The van der Waals surface area contributed by atoms with Crippen molar-refractivity contribution in [3.63, 3.8) is 0 Å². The van der Waals surface area contributed by atoms with Gasteiger partial charge in [-0.1, -0.05) is 19.1 Å². The van der Waals surface area contributed by atoms with Gasteiger partial charge in [-0.2, -0.15) is 5.10 Å². The number of aromatic nitrogens is 2. The fourth-order valence-corrected chi connectivity index (χ4v) is 2.44. The van der Waals surface area contributed by atoms with Crippen LogP contribution in [-0.2, 0) is 19.4 Å². The molecule has 1 aromatic rings. The molecular weight excluding hydrogens is 288 g/mol. The Bertz CT molecular complexity index is 358. The van der Waals surface area contributed by atoms with Crippen LogP contribution in [0.4, 0.5) is 0 Å². The minimum atomic E-state index is 0.685. The van der Waals surface area contributed by atoms with Crippen molar-refractivity contribution in [3.8, 4) is 0 Å². The fraction of sp³-hybridized carbons (Fsp3) is 0.583. The van der Waals surface area contributed by atoms with Crippen molar-refractivity contribution >= 4 is 27.5 Å². The first-order chi connectivity index (χ1) is 7.74. The summed E-state index contributed by atoms with van der Waals surface area (Å²) in [5.41, 5.74) is 2.40. The van der Waals surface area contributed by atoms with Crippen LogP contribution in [0.5, 0.6) is 0 Å². The smallest absolute Gasteiger partial charge is 0.0766 e. The van der Waals surface area contributed by atoms with E-state index in [1.165, 1.54) is 5.69 Å². The Kier molecular flexibility index (Phi) is 6.14. The van der Waals surface area contributed by atoms with Crippen molar-refractivity contribution < 1.29 is 0 Å². The van der Waals surface area contributed by atoms with E-state index in [1.807, 2.05) is 0 Å². The van der Waals surface area contributed by atoms with Crippen LogP contribution >= 0.6 is 27.5 Å². The van der Waals surface area contributed by atoms with E-state index in [2.05, 4.69) is 51.7 Å². The first-order valence-corrected chi connectivity index (χ1v) is 7.02. The summed E-state index contributed by atoms with van der Waals surface area (Å²) in [7, 11) is 0. The number of hydrogen-bond donors (Lipinski definition) is 0. The van der Waals surface area contributed by atoms with Gasteiger partial charge < -0.3 is 0 Å². The molecule has 0 aromatic carbocycles. The largest absolute Gasteiger partial charge is 0.268 e. The van der Waals surface area contributed by atoms with E-state index >= 15 is 0 Å². The maximum absolute atomic E-state index is 5.62. The van der Waals surface area contributed by atoms with Gasteiger partial charge in [0, 0.05) is 18.8 Å². The molecule has 0 aliphatic rings. The number of allylic oxidation sites excluding steroid dienone is 2. The van der Waals surface area contributed by atoms with E-state index in [-0.39, 0.29) is 0 Å². The van der Waals surface area contributed by atoms with Crippen LogP contribution in [0.25, 0.3) is 0 Å². The predicted octanol–water partition coefficient (Wildman–Crippen LogP) is 3.96. The van der Waals surface area contributed by atoms with Crippen LogP contribution in [0, 0.1) is 0 Å². The summed E-state index contributed by atoms with van der Waals surface area (Å²) in [5, 5.41) is 4.56. The van der Waals surface area contributed by atoms with E-state index in [0.29, 0.717) is 5.88 Å². The molecule has 16 heavy (non-hydrogen) atoms. The molecule has 0 fully saturated rings. The molecule has 1 heterocycles. The molecule has 0 aliphatic heterocycles. The van der Waals surface area contributed by atoms with Gasteiger partial charge in [-0.15, -0.1) is 11.6 Å². The van der Waals surface area contributed by atoms with Gasteiger partial charge in [0.05, 0.1) is 15.9 Å². The maximum atomic E-state index is 5.62. The molecule has 0 unspecified atom stereocenters. The predicted molar refractivity (Wildman–Crippen MR) is 73.2 cm³/mol. The van der Waals surface area contributed by atoms with E-state index in [9.17, 15) is 0 Å². The first kappa shape index (κ1) is 13.8. The summed E-state index contributed by atoms with van der Waals surface area (Å²) in [4.78, 5) is 0. The number of rotatable bonds is 6. The van der Waals surface area contributed by atoms with Crippen LogP contribution in [0.3, 0.4) is 0 Å². The molecule has 1 aromatic heterocycles. The number of aryl methyl sites for hydroxylation is 2. The van der Waals surface area contributed by atoms with Gasteiger partial charge in [-0.3, -0.25) is 4.68 Å². The highest BCUT2D eigenvalue weighted by Gasteiger charge is 2.11. The molecule has 90 valence electrons. The molecule has 0 amide bonds. The van der Waals surface area contributed by atoms with Crippen LogP contribution in [0.2, 0.25) is 0 Å². The zero-order valence-corrected chi connectivity index (χ0v) is 12.2. The molecular formula is C12H18BrClN2. The SMILES string of the molecule is CCc1nn(CC)c(CC=CCCCl)c1Br. The second kappa shape index (κ2) is 7.13.